The summed E-state index contributed by atoms with van der Waals surface area (Å²) in [6.07, 6.45) is 0. The van der Waals surface area contributed by atoms with Gasteiger partial charge in [-0.25, -0.2) is 4.68 Å². The predicted octanol–water partition coefficient (Wildman–Crippen LogP) is 3.26. The highest BCUT2D eigenvalue weighted by atomic mass is 32.1. The first-order valence-corrected chi connectivity index (χ1v) is 9.40. The molecule has 3 aromatic rings. The number of nitro groups is 1. The summed E-state index contributed by atoms with van der Waals surface area (Å²) in [6.45, 7) is 3.08. The molecule has 10 heteroatoms. The van der Waals surface area contributed by atoms with Crippen LogP contribution in [0.1, 0.15) is 13.8 Å². The van der Waals surface area contributed by atoms with E-state index in [1.54, 1.807) is 19.9 Å². The Hall–Kier alpha value is -3.53. The summed E-state index contributed by atoms with van der Waals surface area (Å²) in [4.78, 5) is 36.8. The number of ether oxygens (including phenoxy) is 1. The van der Waals surface area contributed by atoms with Crippen LogP contribution in [0.3, 0.4) is 0 Å². The Morgan fingerprint density at radius 3 is 2.66 bits per heavy atom. The van der Waals surface area contributed by atoms with Gasteiger partial charge in [-0.3, -0.25) is 19.7 Å². The summed E-state index contributed by atoms with van der Waals surface area (Å²) in [5.74, 6) is -0.318. The van der Waals surface area contributed by atoms with E-state index >= 15 is 0 Å². The standard InChI is InChI=1S/C19H18N4O5S/c1-19(2,22-17(24)9-7-13(21-22)16-5-4-10-29-16)18(25)20-14-11-12(23(26)27)6-8-15(14)28-3/h4-11H,1-3H3,(H,20,25). The minimum absolute atomic E-state index is 0.127. The number of anilines is 1. The van der Waals surface area contributed by atoms with Crippen molar-refractivity contribution in [3.63, 3.8) is 0 Å². The second-order valence-corrected chi connectivity index (χ2v) is 7.55. The molecule has 9 nitrogen and oxygen atoms in total. The molecule has 0 aliphatic carbocycles. The van der Waals surface area contributed by atoms with Gasteiger partial charge in [0.25, 0.3) is 17.2 Å². The molecule has 0 unspecified atom stereocenters. The van der Waals surface area contributed by atoms with Gasteiger partial charge in [-0.05, 0) is 37.4 Å². The summed E-state index contributed by atoms with van der Waals surface area (Å²) >= 11 is 1.46. The molecule has 1 N–H and O–H groups in total. The van der Waals surface area contributed by atoms with Crippen molar-refractivity contribution >= 4 is 28.6 Å². The minimum Gasteiger partial charge on any atom is -0.495 e. The van der Waals surface area contributed by atoms with Crippen molar-refractivity contribution in [2.45, 2.75) is 19.4 Å². The number of carbonyl (C=O) groups excluding carboxylic acids is 1. The van der Waals surface area contributed by atoms with Gasteiger partial charge in [-0.2, -0.15) is 5.10 Å². The average molecular weight is 414 g/mol. The first kappa shape index (κ1) is 20.2. The quantitative estimate of drug-likeness (QED) is 0.489. The zero-order valence-corrected chi connectivity index (χ0v) is 16.7. The van der Waals surface area contributed by atoms with Crippen molar-refractivity contribution in [3.05, 3.63) is 68.3 Å². The van der Waals surface area contributed by atoms with Gasteiger partial charge in [-0.15, -0.1) is 11.3 Å². The second kappa shape index (κ2) is 7.84. The predicted molar refractivity (Wildman–Crippen MR) is 109 cm³/mol. The molecule has 2 aromatic heterocycles. The molecule has 2 heterocycles. The van der Waals surface area contributed by atoms with Gasteiger partial charge in [0.15, 0.2) is 0 Å². The SMILES string of the molecule is COc1ccc([N+](=O)[O-])cc1NC(=O)C(C)(C)n1nc(-c2cccs2)ccc1=O. The van der Waals surface area contributed by atoms with Gasteiger partial charge >= 0.3 is 0 Å². The number of amides is 1. The monoisotopic (exact) mass is 414 g/mol. The number of carbonyl (C=O) groups is 1. The van der Waals surface area contributed by atoms with Crippen molar-refractivity contribution in [3.8, 4) is 16.3 Å². The molecule has 29 heavy (non-hydrogen) atoms. The van der Waals surface area contributed by atoms with Crippen LogP contribution in [-0.2, 0) is 10.3 Å². The summed E-state index contributed by atoms with van der Waals surface area (Å²) in [7, 11) is 1.39. The van der Waals surface area contributed by atoms with Crippen LogP contribution >= 0.6 is 11.3 Å². The fourth-order valence-corrected chi connectivity index (χ4v) is 3.34. The molecule has 0 aliphatic heterocycles. The normalized spacial score (nSPS) is 11.1. The van der Waals surface area contributed by atoms with Gasteiger partial charge in [-0.1, -0.05) is 6.07 Å². The molecule has 0 radical (unpaired) electrons. The fraction of sp³-hybridized carbons (Fsp3) is 0.211. The topological polar surface area (TPSA) is 116 Å². The first-order chi connectivity index (χ1) is 13.7. The Labute approximate surface area is 169 Å². The van der Waals surface area contributed by atoms with Crippen LogP contribution in [0.25, 0.3) is 10.6 Å². The molecule has 0 spiro atoms. The molecule has 0 atom stereocenters. The summed E-state index contributed by atoms with van der Waals surface area (Å²) in [5, 5.41) is 19.9. The van der Waals surface area contributed by atoms with Crippen molar-refractivity contribution < 1.29 is 14.5 Å². The molecule has 150 valence electrons. The zero-order valence-electron chi connectivity index (χ0n) is 15.9. The lowest BCUT2D eigenvalue weighted by Crippen LogP contribution is -2.47. The molecule has 1 aromatic carbocycles. The van der Waals surface area contributed by atoms with E-state index in [1.807, 2.05) is 17.5 Å². The van der Waals surface area contributed by atoms with Crippen LogP contribution in [0.4, 0.5) is 11.4 Å². The van der Waals surface area contributed by atoms with Gasteiger partial charge in [0.05, 0.1) is 22.6 Å². The largest absolute Gasteiger partial charge is 0.495 e. The van der Waals surface area contributed by atoms with Gasteiger partial charge < -0.3 is 10.1 Å². The number of rotatable bonds is 6. The molecule has 1 amide bonds. The number of nitro benzene ring substituents is 1. The second-order valence-electron chi connectivity index (χ2n) is 6.60. The first-order valence-electron chi connectivity index (χ1n) is 8.52. The van der Waals surface area contributed by atoms with Crippen LogP contribution in [0.5, 0.6) is 5.75 Å². The van der Waals surface area contributed by atoms with Crippen LogP contribution in [0.2, 0.25) is 0 Å². The maximum atomic E-state index is 13.0. The number of hydrogen-bond acceptors (Lipinski definition) is 7. The average Bonchev–Trinajstić information content (AvgIpc) is 3.22. The maximum Gasteiger partial charge on any atom is 0.271 e. The Balaban J connectivity index is 1.97. The Kier molecular flexibility index (Phi) is 5.46. The Bertz CT molecular complexity index is 1120. The molecule has 0 bridgehead atoms. The number of hydrogen-bond donors (Lipinski definition) is 1. The third-order valence-electron chi connectivity index (χ3n) is 4.30. The van der Waals surface area contributed by atoms with E-state index in [0.29, 0.717) is 5.69 Å². The summed E-state index contributed by atoms with van der Waals surface area (Å²) in [6, 6.07) is 10.5. The lowest BCUT2D eigenvalue weighted by atomic mass is 10.0. The number of nitrogens with one attached hydrogen (secondary N) is 1. The van der Waals surface area contributed by atoms with E-state index < -0.39 is 21.9 Å². The highest BCUT2D eigenvalue weighted by Crippen LogP contribution is 2.30. The lowest BCUT2D eigenvalue weighted by Gasteiger charge is -2.25. The Morgan fingerprint density at radius 2 is 2.03 bits per heavy atom. The van der Waals surface area contributed by atoms with Crippen molar-refractivity contribution in [1.29, 1.82) is 0 Å². The molecular weight excluding hydrogens is 396 g/mol. The van der Waals surface area contributed by atoms with E-state index in [9.17, 15) is 19.7 Å². The maximum absolute atomic E-state index is 13.0. The van der Waals surface area contributed by atoms with Crippen LogP contribution in [0, 0.1) is 10.1 Å². The van der Waals surface area contributed by atoms with E-state index in [2.05, 4.69) is 10.4 Å². The number of nitrogens with zero attached hydrogens (tertiary/aromatic N) is 3. The summed E-state index contributed by atoms with van der Waals surface area (Å²) in [5.41, 5.74) is -1.33. The van der Waals surface area contributed by atoms with E-state index in [0.717, 1.165) is 9.56 Å². The number of non-ortho nitro benzene ring substituents is 1. The minimum atomic E-state index is -1.38. The molecule has 0 aliphatic rings. The number of benzene rings is 1. The van der Waals surface area contributed by atoms with Crippen molar-refractivity contribution in [1.82, 2.24) is 9.78 Å². The molecule has 0 fully saturated rings. The van der Waals surface area contributed by atoms with Crippen molar-refractivity contribution in [2.24, 2.45) is 0 Å². The number of methoxy groups -OCH3 is 1. The van der Waals surface area contributed by atoms with Gasteiger partial charge in [0.1, 0.15) is 17.0 Å². The molecular formula is C19H18N4O5S. The third kappa shape index (κ3) is 4.02. The molecule has 3 rings (SSSR count). The Morgan fingerprint density at radius 1 is 1.28 bits per heavy atom. The number of thiophene rings is 1. The van der Waals surface area contributed by atoms with Gasteiger partial charge in [0, 0.05) is 18.2 Å². The van der Waals surface area contributed by atoms with Gasteiger partial charge in [0.2, 0.25) is 0 Å². The van der Waals surface area contributed by atoms with Crippen molar-refractivity contribution in [2.75, 3.05) is 12.4 Å². The summed E-state index contributed by atoms with van der Waals surface area (Å²) < 4.78 is 6.27. The zero-order chi connectivity index (χ0) is 21.2. The van der Waals surface area contributed by atoms with E-state index in [4.69, 9.17) is 4.74 Å². The lowest BCUT2D eigenvalue weighted by molar-refractivity contribution is -0.384. The molecule has 0 saturated heterocycles. The highest BCUT2D eigenvalue weighted by molar-refractivity contribution is 7.13. The molecule has 0 saturated carbocycles. The highest BCUT2D eigenvalue weighted by Gasteiger charge is 2.33. The smallest absolute Gasteiger partial charge is 0.271 e. The van der Waals surface area contributed by atoms with Crippen LogP contribution < -0.4 is 15.6 Å². The van der Waals surface area contributed by atoms with E-state index in [1.165, 1.54) is 42.7 Å². The number of aromatic nitrogens is 2. The third-order valence-corrected chi connectivity index (χ3v) is 5.19. The van der Waals surface area contributed by atoms with Crippen LogP contribution in [-0.4, -0.2) is 27.7 Å². The van der Waals surface area contributed by atoms with Crippen LogP contribution in [0.15, 0.2) is 52.6 Å². The fourth-order valence-electron chi connectivity index (χ4n) is 2.65. The van der Waals surface area contributed by atoms with E-state index in [-0.39, 0.29) is 17.1 Å².